The van der Waals surface area contributed by atoms with E-state index in [2.05, 4.69) is 4.72 Å². The van der Waals surface area contributed by atoms with Crippen LogP contribution in [-0.2, 0) is 10.0 Å². The molecule has 0 atom stereocenters. The van der Waals surface area contributed by atoms with E-state index < -0.39 is 21.7 Å². The van der Waals surface area contributed by atoms with Crippen molar-refractivity contribution in [3.8, 4) is 11.5 Å². The number of nitrogens with one attached hydrogen (secondary N) is 1. The summed E-state index contributed by atoms with van der Waals surface area (Å²) in [5, 5.41) is 18.5. The van der Waals surface area contributed by atoms with Crippen LogP contribution in [0.3, 0.4) is 0 Å². The van der Waals surface area contributed by atoms with Crippen LogP contribution in [0.1, 0.15) is 10.4 Å². The van der Waals surface area contributed by atoms with Gasteiger partial charge in [0.05, 0.1) is 23.3 Å². The molecule has 2 rings (SSSR count). The Morgan fingerprint density at radius 3 is 2.50 bits per heavy atom. The fourth-order valence-electron chi connectivity index (χ4n) is 1.72. The number of ether oxygens (including phenoxy) is 1. The zero-order valence-electron chi connectivity index (χ0n) is 11.5. The second-order valence-electron chi connectivity index (χ2n) is 4.32. The molecule has 2 aromatic carbocycles. The van der Waals surface area contributed by atoms with Gasteiger partial charge in [-0.15, -0.1) is 0 Å². The van der Waals surface area contributed by atoms with Gasteiger partial charge in [0.15, 0.2) is 0 Å². The molecule has 0 aliphatic carbocycles. The standard InChI is InChI=1S/C14H13NO6S/c1-21-10-3-2-4-11(8-10)22(19,20)15-12-6-5-9(14(17)18)7-13(12)16/h2-8,15-16H,1H3,(H,17,18). The van der Waals surface area contributed by atoms with Gasteiger partial charge in [-0.3, -0.25) is 4.72 Å². The Kier molecular flexibility index (Phi) is 4.22. The molecule has 3 N–H and O–H groups in total. The molecular formula is C14H13NO6S. The van der Waals surface area contributed by atoms with Gasteiger partial charge in [0, 0.05) is 6.07 Å². The Morgan fingerprint density at radius 1 is 1.18 bits per heavy atom. The van der Waals surface area contributed by atoms with Gasteiger partial charge in [-0.05, 0) is 30.3 Å². The van der Waals surface area contributed by atoms with E-state index in [1.54, 1.807) is 6.07 Å². The number of aromatic hydroxyl groups is 1. The third-order valence-electron chi connectivity index (χ3n) is 2.84. The van der Waals surface area contributed by atoms with Gasteiger partial charge in [-0.1, -0.05) is 6.07 Å². The van der Waals surface area contributed by atoms with Crippen molar-refractivity contribution in [3.63, 3.8) is 0 Å². The number of rotatable bonds is 5. The van der Waals surface area contributed by atoms with Crippen LogP contribution in [0, 0.1) is 0 Å². The summed E-state index contributed by atoms with van der Waals surface area (Å²) in [6, 6.07) is 9.13. The van der Waals surface area contributed by atoms with Crippen LogP contribution in [0.5, 0.6) is 11.5 Å². The number of sulfonamides is 1. The van der Waals surface area contributed by atoms with Crippen LogP contribution in [0.4, 0.5) is 5.69 Å². The molecule has 0 amide bonds. The second kappa shape index (κ2) is 5.94. The smallest absolute Gasteiger partial charge is 0.335 e. The van der Waals surface area contributed by atoms with Crippen LogP contribution < -0.4 is 9.46 Å². The summed E-state index contributed by atoms with van der Waals surface area (Å²) in [6.45, 7) is 0. The van der Waals surface area contributed by atoms with Crippen LogP contribution in [0.15, 0.2) is 47.4 Å². The van der Waals surface area contributed by atoms with Crippen molar-refractivity contribution in [2.75, 3.05) is 11.8 Å². The first-order valence-electron chi connectivity index (χ1n) is 6.06. The van der Waals surface area contributed by atoms with Gasteiger partial charge in [0.1, 0.15) is 11.5 Å². The summed E-state index contributed by atoms with van der Waals surface area (Å²) in [5.41, 5.74) is -0.269. The number of hydrogen-bond donors (Lipinski definition) is 3. The van der Waals surface area contributed by atoms with E-state index in [9.17, 15) is 18.3 Å². The number of anilines is 1. The molecule has 7 nitrogen and oxygen atoms in total. The molecule has 0 aliphatic rings. The highest BCUT2D eigenvalue weighted by molar-refractivity contribution is 7.92. The highest BCUT2D eigenvalue weighted by Gasteiger charge is 2.17. The van der Waals surface area contributed by atoms with Gasteiger partial charge in [-0.2, -0.15) is 0 Å². The van der Waals surface area contributed by atoms with Crippen molar-refractivity contribution in [1.29, 1.82) is 0 Å². The first kappa shape index (κ1) is 15.6. The molecule has 116 valence electrons. The van der Waals surface area contributed by atoms with Gasteiger partial charge in [-0.25, -0.2) is 13.2 Å². The number of methoxy groups -OCH3 is 1. The number of carbonyl (C=O) groups is 1. The predicted octanol–water partition coefficient (Wildman–Crippen LogP) is 1.90. The van der Waals surface area contributed by atoms with Crippen molar-refractivity contribution >= 4 is 21.7 Å². The fourth-order valence-corrected chi connectivity index (χ4v) is 2.83. The zero-order valence-corrected chi connectivity index (χ0v) is 12.3. The number of benzene rings is 2. The van der Waals surface area contributed by atoms with E-state index in [1.165, 1.54) is 37.4 Å². The number of aromatic carboxylic acids is 1. The van der Waals surface area contributed by atoms with Gasteiger partial charge in [0.25, 0.3) is 10.0 Å². The first-order valence-corrected chi connectivity index (χ1v) is 7.55. The zero-order chi connectivity index (χ0) is 16.3. The van der Waals surface area contributed by atoms with Crippen molar-refractivity contribution < 1.29 is 28.2 Å². The molecule has 0 unspecified atom stereocenters. The fraction of sp³-hybridized carbons (Fsp3) is 0.0714. The Balaban J connectivity index is 2.34. The van der Waals surface area contributed by atoms with Crippen molar-refractivity contribution in [2.45, 2.75) is 4.90 Å². The minimum Gasteiger partial charge on any atom is -0.506 e. The highest BCUT2D eigenvalue weighted by Crippen LogP contribution is 2.27. The molecule has 2 aromatic rings. The summed E-state index contributed by atoms with van der Waals surface area (Å²) in [7, 11) is -2.53. The Labute approximate surface area is 126 Å². The highest BCUT2D eigenvalue weighted by atomic mass is 32.2. The van der Waals surface area contributed by atoms with Gasteiger partial charge in [0.2, 0.25) is 0 Å². The molecule has 0 aliphatic heterocycles. The lowest BCUT2D eigenvalue weighted by Crippen LogP contribution is -2.13. The molecule has 0 heterocycles. The molecular weight excluding hydrogens is 310 g/mol. The predicted molar refractivity (Wildman–Crippen MR) is 78.9 cm³/mol. The monoisotopic (exact) mass is 323 g/mol. The van der Waals surface area contributed by atoms with Crippen LogP contribution >= 0.6 is 0 Å². The normalized spacial score (nSPS) is 11.0. The number of carboxylic acid groups (broad SMARTS) is 1. The summed E-state index contributed by atoms with van der Waals surface area (Å²) >= 11 is 0. The quantitative estimate of drug-likeness (QED) is 0.724. The molecule has 0 bridgehead atoms. The van der Waals surface area contributed by atoms with Crippen molar-refractivity contribution in [2.24, 2.45) is 0 Å². The Morgan fingerprint density at radius 2 is 1.91 bits per heavy atom. The molecule has 8 heteroatoms. The molecule has 0 aromatic heterocycles. The minimum atomic E-state index is -3.94. The molecule has 0 spiro atoms. The van der Waals surface area contributed by atoms with Gasteiger partial charge >= 0.3 is 5.97 Å². The first-order chi connectivity index (χ1) is 10.3. The minimum absolute atomic E-state index is 0.0476. The van der Waals surface area contributed by atoms with E-state index in [1.807, 2.05) is 0 Å². The average molecular weight is 323 g/mol. The third kappa shape index (κ3) is 3.29. The molecule has 22 heavy (non-hydrogen) atoms. The summed E-state index contributed by atoms with van der Waals surface area (Å²) in [4.78, 5) is 10.7. The number of phenolic OH excluding ortho intramolecular Hbond substituents is 1. The summed E-state index contributed by atoms with van der Waals surface area (Å²) in [5.74, 6) is -1.34. The van der Waals surface area contributed by atoms with Crippen molar-refractivity contribution in [1.82, 2.24) is 0 Å². The van der Waals surface area contributed by atoms with Gasteiger partial charge < -0.3 is 14.9 Å². The number of phenols is 1. The van der Waals surface area contributed by atoms with E-state index in [0.29, 0.717) is 5.75 Å². The number of hydrogen-bond acceptors (Lipinski definition) is 5. The SMILES string of the molecule is COc1cccc(S(=O)(=O)Nc2ccc(C(=O)O)cc2O)c1. The second-order valence-corrected chi connectivity index (χ2v) is 6.00. The van der Waals surface area contributed by atoms with Crippen LogP contribution in [0.25, 0.3) is 0 Å². The van der Waals surface area contributed by atoms with E-state index in [0.717, 1.165) is 6.07 Å². The third-order valence-corrected chi connectivity index (χ3v) is 4.20. The molecule has 0 radical (unpaired) electrons. The lowest BCUT2D eigenvalue weighted by molar-refractivity contribution is 0.0696. The number of carboxylic acids is 1. The maximum absolute atomic E-state index is 12.2. The average Bonchev–Trinajstić information content (AvgIpc) is 2.49. The summed E-state index contributed by atoms with van der Waals surface area (Å²) < 4.78 is 31.6. The van der Waals surface area contributed by atoms with Crippen LogP contribution in [-0.4, -0.2) is 31.7 Å². The van der Waals surface area contributed by atoms with Crippen molar-refractivity contribution in [3.05, 3.63) is 48.0 Å². The van der Waals surface area contributed by atoms with E-state index in [-0.39, 0.29) is 16.1 Å². The Hall–Kier alpha value is -2.74. The Bertz CT molecular complexity index is 816. The maximum Gasteiger partial charge on any atom is 0.335 e. The molecule has 0 saturated heterocycles. The lowest BCUT2D eigenvalue weighted by atomic mass is 10.2. The van der Waals surface area contributed by atoms with E-state index >= 15 is 0 Å². The maximum atomic E-state index is 12.2. The molecule has 0 saturated carbocycles. The topological polar surface area (TPSA) is 113 Å². The lowest BCUT2D eigenvalue weighted by Gasteiger charge is -2.11. The summed E-state index contributed by atoms with van der Waals surface area (Å²) in [6.07, 6.45) is 0. The largest absolute Gasteiger partial charge is 0.506 e. The van der Waals surface area contributed by atoms with E-state index in [4.69, 9.17) is 9.84 Å². The molecule has 0 fully saturated rings. The van der Waals surface area contributed by atoms with Crippen LogP contribution in [0.2, 0.25) is 0 Å².